The minimum Gasteiger partial charge on any atom is -0.298 e. The fourth-order valence-electron chi connectivity index (χ4n) is 0.863. The molecular weight excluding hydrogens is 272 g/mol. The molecule has 0 saturated carbocycles. The Morgan fingerprint density at radius 1 is 1.36 bits per heavy atom. The van der Waals surface area contributed by atoms with Crippen LogP contribution in [-0.2, 0) is 0 Å². The Balaban J connectivity index is 3.36. The second-order valence-electron chi connectivity index (χ2n) is 2.24. The number of hydrogen-bond acceptors (Lipinski definition) is 1. The molecule has 1 nitrogen and oxygen atoms in total. The van der Waals surface area contributed by atoms with Crippen molar-refractivity contribution >= 4 is 38.1 Å². The van der Waals surface area contributed by atoms with Crippen LogP contribution in [0.15, 0.2) is 21.1 Å². The van der Waals surface area contributed by atoms with Crippen LogP contribution < -0.4 is 0 Å². The van der Waals surface area contributed by atoms with Crippen LogP contribution in [0.1, 0.15) is 15.9 Å². The molecule has 0 unspecified atom stereocenters. The first-order chi connectivity index (χ1) is 5.15. The van der Waals surface area contributed by atoms with Gasteiger partial charge in [0.05, 0.1) is 0 Å². The van der Waals surface area contributed by atoms with Crippen LogP contribution in [0.3, 0.4) is 0 Å². The molecule has 0 saturated heterocycles. The summed E-state index contributed by atoms with van der Waals surface area (Å²) < 4.78 is 1.81. The Morgan fingerprint density at radius 2 is 2.00 bits per heavy atom. The van der Waals surface area contributed by atoms with Gasteiger partial charge in [-0.05, 0) is 24.6 Å². The zero-order valence-corrected chi connectivity index (χ0v) is 9.07. The summed E-state index contributed by atoms with van der Waals surface area (Å²) in [6.45, 7) is 1.90. The SMILES string of the molecule is Cc1cc(Br)cc(Br)c1C=O. The summed E-state index contributed by atoms with van der Waals surface area (Å²) in [6, 6.07) is 3.77. The second-order valence-corrected chi connectivity index (χ2v) is 4.01. The number of rotatable bonds is 1. The van der Waals surface area contributed by atoms with Gasteiger partial charge in [-0.3, -0.25) is 4.79 Å². The quantitative estimate of drug-likeness (QED) is 0.720. The Hall–Kier alpha value is -0.150. The van der Waals surface area contributed by atoms with Crippen LogP contribution in [-0.4, -0.2) is 6.29 Å². The summed E-state index contributed by atoms with van der Waals surface area (Å²) in [4.78, 5) is 10.5. The van der Waals surface area contributed by atoms with Gasteiger partial charge >= 0.3 is 0 Å². The Morgan fingerprint density at radius 3 is 2.45 bits per heavy atom. The predicted octanol–water partition coefficient (Wildman–Crippen LogP) is 3.33. The topological polar surface area (TPSA) is 17.1 Å². The molecule has 0 fully saturated rings. The van der Waals surface area contributed by atoms with E-state index in [1.807, 2.05) is 19.1 Å². The molecule has 0 amide bonds. The van der Waals surface area contributed by atoms with Gasteiger partial charge in [-0.15, -0.1) is 0 Å². The van der Waals surface area contributed by atoms with Crippen molar-refractivity contribution < 1.29 is 4.79 Å². The van der Waals surface area contributed by atoms with Gasteiger partial charge in [0.2, 0.25) is 0 Å². The zero-order valence-electron chi connectivity index (χ0n) is 5.90. The van der Waals surface area contributed by atoms with Crippen molar-refractivity contribution in [3.8, 4) is 0 Å². The predicted molar refractivity (Wildman–Crippen MR) is 52.0 cm³/mol. The third kappa shape index (κ3) is 1.91. The standard InChI is InChI=1S/C8H6Br2O/c1-5-2-6(9)3-8(10)7(5)4-11/h2-4H,1H3. The van der Waals surface area contributed by atoms with E-state index in [0.29, 0.717) is 5.56 Å². The van der Waals surface area contributed by atoms with Crippen molar-refractivity contribution in [2.45, 2.75) is 6.92 Å². The van der Waals surface area contributed by atoms with E-state index in [0.717, 1.165) is 20.8 Å². The molecule has 1 aromatic carbocycles. The molecule has 58 valence electrons. The average Bonchev–Trinajstić information content (AvgIpc) is 1.85. The molecule has 0 aliphatic carbocycles. The first kappa shape index (κ1) is 8.94. The molecule has 0 aliphatic rings. The first-order valence-corrected chi connectivity index (χ1v) is 4.64. The van der Waals surface area contributed by atoms with Crippen molar-refractivity contribution in [3.05, 3.63) is 32.2 Å². The third-order valence-electron chi connectivity index (χ3n) is 1.42. The van der Waals surface area contributed by atoms with E-state index >= 15 is 0 Å². The summed E-state index contributed by atoms with van der Waals surface area (Å²) in [5, 5.41) is 0. The van der Waals surface area contributed by atoms with E-state index in [4.69, 9.17) is 0 Å². The monoisotopic (exact) mass is 276 g/mol. The van der Waals surface area contributed by atoms with Crippen LogP contribution in [0.25, 0.3) is 0 Å². The number of aldehydes is 1. The Labute approximate surface area is 82.1 Å². The molecule has 0 radical (unpaired) electrons. The van der Waals surface area contributed by atoms with Gasteiger partial charge in [0.1, 0.15) is 0 Å². The highest BCUT2D eigenvalue weighted by Gasteiger charge is 2.02. The van der Waals surface area contributed by atoms with E-state index in [2.05, 4.69) is 31.9 Å². The number of benzene rings is 1. The Kier molecular flexibility index (Phi) is 2.84. The largest absolute Gasteiger partial charge is 0.298 e. The van der Waals surface area contributed by atoms with Gasteiger partial charge in [-0.25, -0.2) is 0 Å². The van der Waals surface area contributed by atoms with Gasteiger partial charge < -0.3 is 0 Å². The van der Waals surface area contributed by atoms with Crippen LogP contribution in [0.4, 0.5) is 0 Å². The number of carbonyl (C=O) groups is 1. The van der Waals surface area contributed by atoms with E-state index in [-0.39, 0.29) is 0 Å². The van der Waals surface area contributed by atoms with E-state index in [9.17, 15) is 4.79 Å². The minimum atomic E-state index is 0.716. The van der Waals surface area contributed by atoms with Gasteiger partial charge in [0.25, 0.3) is 0 Å². The number of aryl methyl sites for hydroxylation is 1. The summed E-state index contributed by atoms with van der Waals surface area (Å²) in [7, 11) is 0. The molecule has 0 spiro atoms. The van der Waals surface area contributed by atoms with E-state index in [1.165, 1.54) is 0 Å². The van der Waals surface area contributed by atoms with Crippen LogP contribution >= 0.6 is 31.9 Å². The molecule has 1 rings (SSSR count). The Bertz CT molecular complexity index is 271. The van der Waals surface area contributed by atoms with Gasteiger partial charge in [0, 0.05) is 14.5 Å². The zero-order chi connectivity index (χ0) is 8.43. The normalized spacial score (nSPS) is 9.73. The average molecular weight is 278 g/mol. The number of halogens is 2. The highest BCUT2D eigenvalue weighted by atomic mass is 79.9. The summed E-state index contributed by atoms with van der Waals surface area (Å²) in [5.74, 6) is 0. The lowest BCUT2D eigenvalue weighted by Gasteiger charge is -2.01. The third-order valence-corrected chi connectivity index (χ3v) is 2.53. The van der Waals surface area contributed by atoms with Crippen molar-refractivity contribution in [1.29, 1.82) is 0 Å². The first-order valence-electron chi connectivity index (χ1n) is 3.06. The minimum absolute atomic E-state index is 0.716. The lowest BCUT2D eigenvalue weighted by atomic mass is 10.1. The fraction of sp³-hybridized carbons (Fsp3) is 0.125. The molecule has 1 aromatic rings. The van der Waals surface area contributed by atoms with Gasteiger partial charge in [-0.1, -0.05) is 31.9 Å². The summed E-state index contributed by atoms with van der Waals surface area (Å²) in [5.41, 5.74) is 1.69. The summed E-state index contributed by atoms with van der Waals surface area (Å²) >= 11 is 6.63. The van der Waals surface area contributed by atoms with Gasteiger partial charge in [-0.2, -0.15) is 0 Å². The highest BCUT2D eigenvalue weighted by Crippen LogP contribution is 2.23. The molecule has 0 heterocycles. The van der Waals surface area contributed by atoms with Crippen molar-refractivity contribution in [2.24, 2.45) is 0 Å². The van der Waals surface area contributed by atoms with Crippen LogP contribution in [0.2, 0.25) is 0 Å². The molecule has 0 N–H and O–H groups in total. The molecule has 0 atom stereocenters. The maximum Gasteiger partial charge on any atom is 0.151 e. The van der Waals surface area contributed by atoms with Crippen molar-refractivity contribution in [1.82, 2.24) is 0 Å². The van der Waals surface area contributed by atoms with Crippen molar-refractivity contribution in [2.75, 3.05) is 0 Å². The molecule has 3 heteroatoms. The molecular formula is C8H6Br2O. The lowest BCUT2D eigenvalue weighted by Crippen LogP contribution is -1.87. The fourth-order valence-corrected chi connectivity index (χ4v) is 2.39. The van der Waals surface area contributed by atoms with E-state index < -0.39 is 0 Å². The molecule has 11 heavy (non-hydrogen) atoms. The van der Waals surface area contributed by atoms with Gasteiger partial charge in [0.15, 0.2) is 6.29 Å². The maximum atomic E-state index is 10.5. The molecule has 0 aliphatic heterocycles. The second kappa shape index (κ2) is 3.50. The molecule has 0 bridgehead atoms. The highest BCUT2D eigenvalue weighted by molar-refractivity contribution is 9.11. The number of carbonyl (C=O) groups excluding carboxylic acids is 1. The summed E-state index contributed by atoms with van der Waals surface area (Å²) in [6.07, 6.45) is 0.853. The van der Waals surface area contributed by atoms with E-state index in [1.54, 1.807) is 0 Å². The maximum absolute atomic E-state index is 10.5. The lowest BCUT2D eigenvalue weighted by molar-refractivity contribution is 0.112. The van der Waals surface area contributed by atoms with Crippen LogP contribution in [0.5, 0.6) is 0 Å². The number of hydrogen-bond donors (Lipinski definition) is 0. The van der Waals surface area contributed by atoms with Crippen molar-refractivity contribution in [3.63, 3.8) is 0 Å². The smallest absolute Gasteiger partial charge is 0.151 e. The van der Waals surface area contributed by atoms with Crippen LogP contribution in [0, 0.1) is 6.92 Å². The molecule has 0 aromatic heterocycles.